The predicted octanol–water partition coefficient (Wildman–Crippen LogP) is 6.26. The van der Waals surface area contributed by atoms with Crippen LogP contribution in [-0.4, -0.2) is 38.0 Å². The van der Waals surface area contributed by atoms with E-state index in [2.05, 4.69) is 4.40 Å². The zero-order chi connectivity index (χ0) is 26.6. The van der Waals surface area contributed by atoms with E-state index in [-0.39, 0.29) is 29.1 Å². The lowest BCUT2D eigenvalue weighted by Crippen LogP contribution is -2.29. The smallest absolute Gasteiger partial charge is 0.284 e. The van der Waals surface area contributed by atoms with Crippen LogP contribution in [-0.2, 0) is 21.4 Å². The van der Waals surface area contributed by atoms with Gasteiger partial charge in [-0.05, 0) is 72.8 Å². The van der Waals surface area contributed by atoms with Gasteiger partial charge in [0.1, 0.15) is 6.61 Å². The molecule has 3 aromatic carbocycles. The minimum Gasteiger partial charge on any atom is -0.493 e. The Morgan fingerprint density at radius 3 is 2.43 bits per heavy atom. The number of amides is 1. The standard InChI is InChI=1S/C26H22Cl2N2O5S2/c1-3-30-25(31)24(36-26(30)29-37(32,33)20-11-9-19(27)10-12-20)15-17-8-13-22(34-2)23(14-17)35-16-18-6-4-5-7-21(18)28/h4-15H,3,16H2,1-2H3/b24-15-,29-26?. The highest BCUT2D eigenvalue weighted by Gasteiger charge is 2.34. The van der Waals surface area contributed by atoms with Crippen LogP contribution in [0.4, 0.5) is 0 Å². The van der Waals surface area contributed by atoms with E-state index in [4.69, 9.17) is 32.7 Å². The SMILES string of the molecule is CCN1C(=O)/C(=C/c2ccc(OC)c(OCc3ccccc3Cl)c2)SC1=NS(=O)(=O)c1ccc(Cl)cc1. The van der Waals surface area contributed by atoms with Gasteiger partial charge in [-0.25, -0.2) is 0 Å². The molecule has 192 valence electrons. The van der Waals surface area contributed by atoms with Gasteiger partial charge in [-0.3, -0.25) is 9.69 Å². The van der Waals surface area contributed by atoms with Crippen molar-refractivity contribution < 1.29 is 22.7 Å². The number of methoxy groups -OCH3 is 1. The van der Waals surface area contributed by atoms with Crippen LogP contribution < -0.4 is 9.47 Å². The fraction of sp³-hybridized carbons (Fsp3) is 0.154. The molecule has 0 N–H and O–H groups in total. The van der Waals surface area contributed by atoms with Gasteiger partial charge in [0.25, 0.3) is 15.9 Å². The maximum absolute atomic E-state index is 13.0. The molecule has 7 nitrogen and oxygen atoms in total. The number of thioether (sulfide) groups is 1. The minimum absolute atomic E-state index is 0.0126. The summed E-state index contributed by atoms with van der Waals surface area (Å²) in [5, 5.41) is 1.08. The molecule has 0 unspecified atom stereocenters. The Bertz CT molecular complexity index is 1490. The van der Waals surface area contributed by atoms with Crippen LogP contribution in [0.25, 0.3) is 6.08 Å². The average Bonchev–Trinajstić information content (AvgIpc) is 3.16. The number of benzene rings is 3. The molecule has 1 aliphatic rings. The number of sulfonamides is 1. The molecule has 0 bridgehead atoms. The van der Waals surface area contributed by atoms with E-state index in [0.717, 1.165) is 17.3 Å². The fourth-order valence-corrected chi connectivity index (χ4v) is 6.00. The fourth-order valence-electron chi connectivity index (χ4n) is 3.44. The Hall–Kier alpha value is -2.98. The van der Waals surface area contributed by atoms with Gasteiger partial charge < -0.3 is 9.47 Å². The second-order valence-electron chi connectivity index (χ2n) is 7.75. The normalized spacial score (nSPS) is 16.0. The molecule has 0 saturated carbocycles. The van der Waals surface area contributed by atoms with E-state index in [1.54, 1.807) is 37.3 Å². The Kier molecular flexibility index (Phi) is 8.49. The third-order valence-corrected chi connectivity index (χ3v) is 8.36. The molecule has 0 spiro atoms. The molecule has 3 aromatic rings. The van der Waals surface area contributed by atoms with Crippen molar-refractivity contribution in [2.24, 2.45) is 4.40 Å². The number of halogens is 2. The number of ether oxygens (including phenoxy) is 2. The van der Waals surface area contributed by atoms with E-state index in [1.807, 2.05) is 18.2 Å². The van der Waals surface area contributed by atoms with Crippen molar-refractivity contribution in [3.8, 4) is 11.5 Å². The monoisotopic (exact) mass is 576 g/mol. The van der Waals surface area contributed by atoms with Crippen molar-refractivity contribution in [2.45, 2.75) is 18.4 Å². The zero-order valence-electron chi connectivity index (χ0n) is 19.9. The highest BCUT2D eigenvalue weighted by Crippen LogP contribution is 2.36. The van der Waals surface area contributed by atoms with Gasteiger partial charge in [-0.1, -0.05) is 47.5 Å². The van der Waals surface area contributed by atoms with Gasteiger partial charge in [0.2, 0.25) is 0 Å². The topological polar surface area (TPSA) is 85.3 Å². The van der Waals surface area contributed by atoms with Crippen molar-refractivity contribution in [3.63, 3.8) is 0 Å². The molecule has 1 fully saturated rings. The highest BCUT2D eigenvalue weighted by molar-refractivity contribution is 8.19. The van der Waals surface area contributed by atoms with Gasteiger partial charge >= 0.3 is 0 Å². The van der Waals surface area contributed by atoms with Gasteiger partial charge in [0.05, 0.1) is 16.9 Å². The molecule has 1 amide bonds. The molecule has 1 aliphatic heterocycles. The lowest BCUT2D eigenvalue weighted by Gasteiger charge is -2.12. The van der Waals surface area contributed by atoms with E-state index in [0.29, 0.717) is 32.0 Å². The van der Waals surface area contributed by atoms with Crippen molar-refractivity contribution in [3.05, 3.63) is 92.8 Å². The van der Waals surface area contributed by atoms with Crippen molar-refractivity contribution >= 4 is 62.1 Å². The molecule has 0 aliphatic carbocycles. The van der Waals surface area contributed by atoms with Crippen LogP contribution in [0, 0.1) is 0 Å². The number of carbonyl (C=O) groups excluding carboxylic acids is 1. The minimum atomic E-state index is -4.04. The summed E-state index contributed by atoms with van der Waals surface area (Å²) in [6, 6.07) is 18.3. The Balaban J connectivity index is 1.61. The van der Waals surface area contributed by atoms with Gasteiger partial charge in [0, 0.05) is 22.2 Å². The lowest BCUT2D eigenvalue weighted by molar-refractivity contribution is -0.122. The van der Waals surface area contributed by atoms with Crippen molar-refractivity contribution in [2.75, 3.05) is 13.7 Å². The first-order chi connectivity index (χ1) is 17.7. The number of likely N-dealkylation sites (N-methyl/N-ethyl adjacent to an activating group) is 1. The summed E-state index contributed by atoms with van der Waals surface area (Å²) in [7, 11) is -2.50. The van der Waals surface area contributed by atoms with Crippen molar-refractivity contribution in [1.82, 2.24) is 4.90 Å². The number of rotatable bonds is 8. The molecular formula is C26H22Cl2N2O5S2. The molecule has 37 heavy (non-hydrogen) atoms. The molecule has 4 rings (SSSR count). The number of hydrogen-bond acceptors (Lipinski definition) is 6. The average molecular weight is 578 g/mol. The quantitative estimate of drug-likeness (QED) is 0.294. The molecule has 11 heteroatoms. The Morgan fingerprint density at radius 1 is 1.03 bits per heavy atom. The summed E-state index contributed by atoms with van der Waals surface area (Å²) in [6.45, 7) is 2.24. The van der Waals surface area contributed by atoms with Crippen molar-refractivity contribution in [1.29, 1.82) is 0 Å². The lowest BCUT2D eigenvalue weighted by atomic mass is 10.1. The molecule has 0 atom stereocenters. The molecule has 1 saturated heterocycles. The Labute approximate surface area is 229 Å². The van der Waals surface area contributed by atoms with Crippen LogP contribution in [0.2, 0.25) is 10.0 Å². The maximum Gasteiger partial charge on any atom is 0.284 e. The molecule has 1 heterocycles. The highest BCUT2D eigenvalue weighted by atomic mass is 35.5. The van der Waals surface area contributed by atoms with Crippen LogP contribution in [0.3, 0.4) is 0 Å². The summed E-state index contributed by atoms with van der Waals surface area (Å²) in [6.07, 6.45) is 1.66. The first-order valence-corrected chi connectivity index (χ1v) is 14.1. The largest absolute Gasteiger partial charge is 0.493 e. The van der Waals surface area contributed by atoms with E-state index in [9.17, 15) is 13.2 Å². The third-order valence-electron chi connectivity index (χ3n) is 5.34. The summed E-state index contributed by atoms with van der Waals surface area (Å²) >= 11 is 13.1. The summed E-state index contributed by atoms with van der Waals surface area (Å²) in [4.78, 5) is 14.7. The molecule has 0 radical (unpaired) electrons. The maximum atomic E-state index is 13.0. The van der Waals surface area contributed by atoms with Crippen LogP contribution in [0.15, 0.2) is 80.9 Å². The number of amidine groups is 1. The molecule has 0 aromatic heterocycles. The first kappa shape index (κ1) is 27.1. The summed E-state index contributed by atoms with van der Waals surface area (Å²) in [5.41, 5.74) is 1.49. The van der Waals surface area contributed by atoms with E-state index >= 15 is 0 Å². The van der Waals surface area contributed by atoms with E-state index in [1.165, 1.54) is 36.3 Å². The van der Waals surface area contributed by atoms with Gasteiger partial charge in [0.15, 0.2) is 16.7 Å². The summed E-state index contributed by atoms with van der Waals surface area (Å²) < 4.78 is 40.9. The predicted molar refractivity (Wildman–Crippen MR) is 148 cm³/mol. The van der Waals surface area contributed by atoms with Gasteiger partial charge in [-0.15, -0.1) is 4.40 Å². The second kappa shape index (κ2) is 11.6. The van der Waals surface area contributed by atoms with E-state index < -0.39 is 10.0 Å². The summed E-state index contributed by atoms with van der Waals surface area (Å²) in [5.74, 6) is 0.650. The van der Waals surface area contributed by atoms with Crippen LogP contribution >= 0.6 is 35.0 Å². The number of carbonyl (C=O) groups is 1. The van der Waals surface area contributed by atoms with Crippen LogP contribution in [0.5, 0.6) is 11.5 Å². The third kappa shape index (κ3) is 6.30. The zero-order valence-corrected chi connectivity index (χ0v) is 23.0. The molecular weight excluding hydrogens is 555 g/mol. The van der Waals surface area contributed by atoms with Gasteiger partial charge in [-0.2, -0.15) is 8.42 Å². The number of hydrogen-bond donors (Lipinski definition) is 0. The second-order valence-corrected chi connectivity index (χ2v) is 11.2. The first-order valence-electron chi connectivity index (χ1n) is 11.1. The Morgan fingerprint density at radius 2 is 1.76 bits per heavy atom. The number of nitrogens with zero attached hydrogens (tertiary/aromatic N) is 2. The van der Waals surface area contributed by atoms with Crippen LogP contribution in [0.1, 0.15) is 18.1 Å².